The van der Waals surface area contributed by atoms with E-state index < -0.39 is 35.4 Å². The molecular formula is C33H31ClN2O6. The van der Waals surface area contributed by atoms with Crippen molar-refractivity contribution in [3.05, 3.63) is 118 Å². The number of carboxylic acids is 1. The number of methoxy groups -OCH3 is 1. The van der Waals surface area contributed by atoms with Crippen LogP contribution in [-0.2, 0) is 4.79 Å². The molecule has 2 amide bonds. The molecule has 4 aromatic rings. The molecule has 42 heavy (non-hydrogen) atoms. The number of Topliss-reactive ketones (excluding diaryl/α,β-unsaturated/α-hetero) is 1. The van der Waals surface area contributed by atoms with Gasteiger partial charge in [0.15, 0.2) is 5.78 Å². The quantitative estimate of drug-likeness (QED) is 0.220. The lowest BCUT2D eigenvalue weighted by Crippen LogP contribution is -2.55. The van der Waals surface area contributed by atoms with Gasteiger partial charge in [-0.2, -0.15) is 0 Å². The van der Waals surface area contributed by atoms with Crippen LogP contribution < -0.4 is 10.1 Å². The van der Waals surface area contributed by atoms with Crippen LogP contribution >= 0.6 is 11.6 Å². The number of para-hydroxylation sites is 1. The van der Waals surface area contributed by atoms with Crippen LogP contribution in [0.4, 0.5) is 10.5 Å². The number of aliphatic carboxylic acids is 1. The molecule has 1 saturated heterocycles. The fourth-order valence-corrected chi connectivity index (χ4v) is 6.25. The van der Waals surface area contributed by atoms with E-state index in [9.17, 15) is 19.5 Å². The third-order valence-electron chi connectivity index (χ3n) is 8.06. The number of carboxylic acid groups (broad SMARTS) is 1. The third-order valence-corrected chi connectivity index (χ3v) is 8.31. The predicted octanol–water partition coefficient (Wildman–Crippen LogP) is 7.27. The van der Waals surface area contributed by atoms with Crippen LogP contribution in [0, 0.1) is 19.8 Å². The molecule has 1 fully saturated rings. The summed E-state index contributed by atoms with van der Waals surface area (Å²) in [6.07, 6.45) is 0. The van der Waals surface area contributed by atoms with Crippen molar-refractivity contribution in [2.75, 3.05) is 12.4 Å². The van der Waals surface area contributed by atoms with Gasteiger partial charge in [-0.15, -0.1) is 0 Å². The van der Waals surface area contributed by atoms with Gasteiger partial charge in [-0.1, -0.05) is 54.1 Å². The van der Waals surface area contributed by atoms with Crippen LogP contribution in [0.25, 0.3) is 0 Å². The molecule has 4 unspecified atom stereocenters. The Kier molecular flexibility index (Phi) is 7.84. The Hall–Kier alpha value is -4.56. The highest BCUT2D eigenvalue weighted by molar-refractivity contribution is 6.30. The highest BCUT2D eigenvalue weighted by Gasteiger charge is 2.65. The number of carbonyl (C=O) groups is 3. The van der Waals surface area contributed by atoms with Crippen molar-refractivity contribution in [2.45, 2.75) is 38.3 Å². The number of aryl methyl sites for hydroxylation is 2. The number of likely N-dealkylation sites (tertiary alicyclic amines) is 1. The Balaban J connectivity index is 1.78. The van der Waals surface area contributed by atoms with E-state index in [1.807, 2.05) is 6.07 Å². The monoisotopic (exact) mass is 586 g/mol. The Labute approximate surface area is 248 Å². The molecule has 0 spiro atoms. The lowest BCUT2D eigenvalue weighted by molar-refractivity contribution is -0.148. The molecular weight excluding hydrogens is 556 g/mol. The number of ketones is 1. The molecule has 1 aliphatic heterocycles. The first kappa shape index (κ1) is 29.0. The molecule has 3 aromatic carbocycles. The van der Waals surface area contributed by atoms with Crippen molar-refractivity contribution >= 4 is 35.1 Å². The van der Waals surface area contributed by atoms with Crippen LogP contribution in [0.2, 0.25) is 5.02 Å². The van der Waals surface area contributed by atoms with Gasteiger partial charge in [-0.05, 0) is 74.4 Å². The first-order chi connectivity index (χ1) is 20.1. The zero-order valence-electron chi connectivity index (χ0n) is 23.6. The summed E-state index contributed by atoms with van der Waals surface area (Å²) in [5.41, 5.74) is 0.119. The van der Waals surface area contributed by atoms with Gasteiger partial charge < -0.3 is 19.6 Å². The standard InChI is InChI=1S/C33H31ClN2O6/c1-19-18-26(20(2)42-19)30(37)27-28(21-12-16-25(41-4)17-13-21)33(3,31(38)39)36(29(27)22-10-14-23(34)15-11-22)32(40)35-24-8-6-5-7-9-24/h5-18,27-29H,1-4H3,(H,35,40)(H,38,39). The molecule has 2 N–H and O–H groups in total. The third kappa shape index (κ3) is 5.03. The van der Waals surface area contributed by atoms with Gasteiger partial charge >= 0.3 is 12.0 Å². The van der Waals surface area contributed by atoms with Crippen LogP contribution in [-0.4, -0.2) is 40.4 Å². The van der Waals surface area contributed by atoms with Gasteiger partial charge in [0, 0.05) is 16.6 Å². The number of nitrogens with one attached hydrogen (secondary N) is 1. The maximum Gasteiger partial charge on any atom is 0.330 e. The van der Waals surface area contributed by atoms with Crippen molar-refractivity contribution in [1.82, 2.24) is 4.90 Å². The molecule has 0 aliphatic carbocycles. The highest BCUT2D eigenvalue weighted by Crippen LogP contribution is 2.57. The Bertz CT molecular complexity index is 1620. The molecule has 2 heterocycles. The number of nitrogens with zero attached hydrogens (tertiary/aromatic N) is 1. The Morgan fingerprint density at radius 1 is 0.952 bits per heavy atom. The van der Waals surface area contributed by atoms with Crippen molar-refractivity contribution in [2.24, 2.45) is 5.92 Å². The molecule has 216 valence electrons. The van der Waals surface area contributed by atoms with Crippen molar-refractivity contribution in [3.8, 4) is 5.75 Å². The molecule has 8 nitrogen and oxygen atoms in total. The van der Waals surface area contributed by atoms with Gasteiger partial charge in [0.2, 0.25) is 0 Å². The number of hydrogen-bond acceptors (Lipinski definition) is 5. The summed E-state index contributed by atoms with van der Waals surface area (Å²) in [5, 5.41) is 14.3. The molecule has 9 heteroatoms. The number of urea groups is 1. The Morgan fingerprint density at radius 2 is 1.57 bits per heavy atom. The first-order valence-electron chi connectivity index (χ1n) is 13.5. The molecule has 4 atom stereocenters. The van der Waals surface area contributed by atoms with Crippen LogP contribution in [0.5, 0.6) is 5.75 Å². The zero-order valence-corrected chi connectivity index (χ0v) is 24.4. The van der Waals surface area contributed by atoms with Crippen molar-refractivity contribution in [3.63, 3.8) is 0 Å². The fourth-order valence-electron chi connectivity index (χ4n) is 6.12. The lowest BCUT2D eigenvalue weighted by atomic mass is 9.71. The summed E-state index contributed by atoms with van der Waals surface area (Å²) in [6.45, 7) is 4.95. The van der Waals surface area contributed by atoms with Crippen molar-refractivity contribution in [1.29, 1.82) is 0 Å². The molecule has 0 radical (unpaired) electrons. The van der Waals surface area contributed by atoms with E-state index in [4.69, 9.17) is 20.8 Å². The normalized spacial score (nSPS) is 21.6. The number of hydrogen-bond donors (Lipinski definition) is 2. The number of halogens is 1. The molecule has 0 saturated carbocycles. The topological polar surface area (TPSA) is 109 Å². The van der Waals surface area contributed by atoms with E-state index >= 15 is 0 Å². The summed E-state index contributed by atoms with van der Waals surface area (Å²) in [5.74, 6) is -1.98. The summed E-state index contributed by atoms with van der Waals surface area (Å²) in [6, 6.07) is 22.5. The smallest absolute Gasteiger partial charge is 0.330 e. The minimum absolute atomic E-state index is 0.326. The average Bonchev–Trinajstić information content (AvgIpc) is 3.47. The summed E-state index contributed by atoms with van der Waals surface area (Å²) in [4.78, 5) is 43.5. The second-order valence-electron chi connectivity index (χ2n) is 10.6. The van der Waals surface area contributed by atoms with Gasteiger partial charge in [0.1, 0.15) is 22.8 Å². The van der Waals surface area contributed by atoms with Crippen molar-refractivity contribution < 1.29 is 28.6 Å². The molecule has 0 bridgehead atoms. The van der Waals surface area contributed by atoms with Gasteiger partial charge in [-0.25, -0.2) is 9.59 Å². The zero-order chi connectivity index (χ0) is 30.2. The van der Waals surface area contributed by atoms with E-state index in [2.05, 4.69) is 5.32 Å². The Morgan fingerprint density at radius 3 is 2.12 bits per heavy atom. The number of anilines is 1. The first-order valence-corrected chi connectivity index (χ1v) is 13.8. The number of carbonyl (C=O) groups excluding carboxylic acids is 2. The SMILES string of the molecule is COc1ccc(C2C(C(=O)c3cc(C)oc3C)C(c3ccc(Cl)cc3)N(C(=O)Nc3ccccc3)C2(C)C(=O)O)cc1. The van der Waals surface area contributed by atoms with Crippen LogP contribution in [0.15, 0.2) is 89.3 Å². The molecule has 1 aliphatic rings. The van der Waals surface area contributed by atoms with Crippen LogP contribution in [0.3, 0.4) is 0 Å². The van der Waals surface area contributed by atoms with Crippen LogP contribution in [0.1, 0.15) is 51.9 Å². The van der Waals surface area contributed by atoms with E-state index in [1.54, 1.807) is 92.7 Å². The van der Waals surface area contributed by atoms with E-state index in [-0.39, 0.29) is 5.78 Å². The summed E-state index contributed by atoms with van der Waals surface area (Å²) >= 11 is 6.22. The highest BCUT2D eigenvalue weighted by atomic mass is 35.5. The number of benzene rings is 3. The van der Waals surface area contributed by atoms with Gasteiger partial charge in [-0.3, -0.25) is 9.69 Å². The van der Waals surface area contributed by atoms with E-state index in [1.165, 1.54) is 18.9 Å². The second kappa shape index (κ2) is 11.4. The lowest BCUT2D eigenvalue weighted by Gasteiger charge is -2.37. The van der Waals surface area contributed by atoms with Gasteiger partial charge in [0.05, 0.1) is 24.6 Å². The van der Waals surface area contributed by atoms with Gasteiger partial charge in [0.25, 0.3) is 0 Å². The fraction of sp³-hybridized carbons (Fsp3) is 0.242. The van der Waals surface area contributed by atoms with E-state index in [0.29, 0.717) is 44.7 Å². The predicted molar refractivity (Wildman–Crippen MR) is 159 cm³/mol. The largest absolute Gasteiger partial charge is 0.497 e. The molecule has 5 rings (SSSR count). The molecule has 1 aromatic heterocycles. The second-order valence-corrected chi connectivity index (χ2v) is 11.0. The number of amides is 2. The summed E-state index contributed by atoms with van der Waals surface area (Å²) < 4.78 is 11.0. The maximum absolute atomic E-state index is 14.6. The summed E-state index contributed by atoms with van der Waals surface area (Å²) in [7, 11) is 1.54. The number of rotatable bonds is 7. The number of furan rings is 1. The average molecular weight is 587 g/mol. The number of ether oxygens (including phenoxy) is 1. The minimum atomic E-state index is -1.86. The minimum Gasteiger partial charge on any atom is -0.497 e. The maximum atomic E-state index is 14.6. The van der Waals surface area contributed by atoms with E-state index in [0.717, 1.165) is 0 Å².